The van der Waals surface area contributed by atoms with E-state index in [2.05, 4.69) is 239 Å². The van der Waals surface area contributed by atoms with Gasteiger partial charge in [0.1, 0.15) is 5.58 Å². The molecule has 3 heteroatoms. The van der Waals surface area contributed by atoms with Gasteiger partial charge < -0.3 is 9.32 Å². The zero-order valence-electron chi connectivity index (χ0n) is 47.2. The van der Waals surface area contributed by atoms with Crippen molar-refractivity contribution in [3.8, 4) is 11.1 Å². The molecule has 0 saturated heterocycles. The summed E-state index contributed by atoms with van der Waals surface area (Å²) in [4.78, 5) is 2.62. The Morgan fingerprint density at radius 3 is 1.67 bits per heavy atom. The predicted octanol–water partition coefficient (Wildman–Crippen LogP) is 17.2. The van der Waals surface area contributed by atoms with Gasteiger partial charge in [0.15, 0.2) is 0 Å². The van der Waals surface area contributed by atoms with Crippen LogP contribution in [0.15, 0.2) is 108 Å². The smallest absolute Gasteiger partial charge is 0.294 e. The van der Waals surface area contributed by atoms with Crippen molar-refractivity contribution in [3.05, 3.63) is 164 Å². The van der Waals surface area contributed by atoms with Gasteiger partial charge in [-0.15, -0.1) is 0 Å². The summed E-state index contributed by atoms with van der Waals surface area (Å²) in [6, 6.07) is 41.5. The first-order chi connectivity index (χ1) is 33.4. The second-order valence-corrected chi connectivity index (χ2v) is 28.5. The molecule has 2 nitrogen and oxygen atoms in total. The predicted molar refractivity (Wildman–Crippen MR) is 312 cm³/mol. The SMILES string of the molecule is Cc1cc2c3c(c1)N(c1ccc4c(c1)C(C)(C)CCC4(C)C)c1c(oc4ccc(C(C)(C)C)cc14)B3c1cc(C(C)(C)C)ccc1/C2=C\c1cc2c(cc1-c1ccc(C(C)(C)C)cc1)C(C)(C)CCC2(C)C. The molecule has 7 aromatic rings. The van der Waals surface area contributed by atoms with Crippen molar-refractivity contribution in [1.82, 2.24) is 0 Å². The van der Waals surface area contributed by atoms with Crippen LogP contribution in [0.4, 0.5) is 17.1 Å². The van der Waals surface area contributed by atoms with Crippen molar-refractivity contribution in [2.24, 2.45) is 0 Å². The molecular weight excluding hydrogens is 870 g/mol. The Morgan fingerprint density at radius 2 is 1.06 bits per heavy atom. The van der Waals surface area contributed by atoms with Crippen molar-refractivity contribution in [2.45, 2.75) is 188 Å². The van der Waals surface area contributed by atoms with E-state index in [1.54, 1.807) is 0 Å². The average Bonchev–Trinajstić information content (AvgIpc) is 3.67. The van der Waals surface area contributed by atoms with Gasteiger partial charge in [-0.2, -0.15) is 0 Å². The molecule has 3 heterocycles. The molecule has 2 aliphatic carbocycles. The third-order valence-electron chi connectivity index (χ3n) is 18.2. The second-order valence-electron chi connectivity index (χ2n) is 28.5. The summed E-state index contributed by atoms with van der Waals surface area (Å²) >= 11 is 0. The highest BCUT2D eigenvalue weighted by atomic mass is 16.3. The molecule has 0 radical (unpaired) electrons. The number of fused-ring (bicyclic) bond motifs is 8. The molecule has 0 unspecified atom stereocenters. The molecule has 0 N–H and O–H groups in total. The lowest BCUT2D eigenvalue weighted by Gasteiger charge is -2.43. The molecule has 0 saturated carbocycles. The van der Waals surface area contributed by atoms with Crippen LogP contribution in [0.2, 0.25) is 0 Å². The maximum Gasteiger partial charge on any atom is 0.294 e. The van der Waals surface area contributed by atoms with Crippen LogP contribution in [0.3, 0.4) is 0 Å². The zero-order chi connectivity index (χ0) is 51.6. The van der Waals surface area contributed by atoms with Crippen molar-refractivity contribution in [2.75, 3.05) is 4.90 Å². The van der Waals surface area contributed by atoms with Crippen LogP contribution in [-0.4, -0.2) is 6.71 Å². The fourth-order valence-corrected chi connectivity index (χ4v) is 13.1. The highest BCUT2D eigenvalue weighted by molar-refractivity contribution is 6.99. The van der Waals surface area contributed by atoms with E-state index < -0.39 is 0 Å². The lowest BCUT2D eigenvalue weighted by Crippen LogP contribution is -2.60. The lowest BCUT2D eigenvalue weighted by molar-refractivity contribution is 0.332. The summed E-state index contributed by atoms with van der Waals surface area (Å²) in [5, 5.41) is 1.18. The highest BCUT2D eigenvalue weighted by Gasteiger charge is 2.47. The quantitative estimate of drug-likeness (QED) is 0.164. The van der Waals surface area contributed by atoms with E-state index in [0.29, 0.717) is 0 Å². The summed E-state index contributed by atoms with van der Waals surface area (Å²) in [6.45, 7) is 42.8. The van der Waals surface area contributed by atoms with E-state index in [1.165, 1.54) is 131 Å². The largest absolute Gasteiger partial charge is 0.468 e. The monoisotopic (exact) mass is 950 g/mol. The Bertz CT molecular complexity index is 3420. The second kappa shape index (κ2) is 15.7. The first kappa shape index (κ1) is 48.7. The fraction of sp³-hybridized carbons (Fsp3) is 0.420. The molecule has 1 aromatic heterocycles. The number of hydrogen-bond donors (Lipinski definition) is 0. The summed E-state index contributed by atoms with van der Waals surface area (Å²) in [6.07, 6.45) is 7.27. The van der Waals surface area contributed by atoms with Crippen LogP contribution in [-0.2, 0) is 37.9 Å². The van der Waals surface area contributed by atoms with E-state index in [1.807, 2.05) is 0 Å². The molecule has 11 rings (SSSR count). The normalized spacial score (nSPS) is 18.9. The Hall–Kier alpha value is -5.54. The number of anilines is 3. The molecule has 2 aliphatic heterocycles. The summed E-state index contributed by atoms with van der Waals surface area (Å²) < 4.78 is 7.47. The van der Waals surface area contributed by atoms with Crippen LogP contribution in [0, 0.1) is 6.92 Å². The van der Waals surface area contributed by atoms with Gasteiger partial charge in [0.2, 0.25) is 0 Å². The minimum atomic E-state index is -0.109. The minimum absolute atomic E-state index is 0.0329. The van der Waals surface area contributed by atoms with Gasteiger partial charge >= 0.3 is 0 Å². The standard InChI is InChI=1S/C69H80BNO/c1-41-33-51-50(35-43-36-54-56(69(17,18)32-31-67(54,13)14)40-49(43)42-19-21-44(22-20-42)63(2,3)4)48-26-23-46(65(8,9)10)38-57(48)70-60(51)58(34-41)71(47-25-27-53-55(39-47)68(15,16)30-29-66(53,11)12)61-52-37-45(64(5,6)7)24-28-59(52)72-62(61)70/h19-28,33-40H,29-32H2,1-18H3/b50-35+. The average molecular weight is 950 g/mol. The van der Waals surface area contributed by atoms with Crippen LogP contribution < -0.4 is 21.5 Å². The third-order valence-corrected chi connectivity index (χ3v) is 18.2. The van der Waals surface area contributed by atoms with E-state index in [4.69, 9.17) is 4.42 Å². The maximum absolute atomic E-state index is 7.47. The summed E-state index contributed by atoms with van der Waals surface area (Å²) in [5.41, 5.74) is 27.4. The number of benzene rings is 6. The molecule has 0 fully saturated rings. The molecule has 370 valence electrons. The molecular formula is C69H80BNO. The molecule has 72 heavy (non-hydrogen) atoms. The fourth-order valence-electron chi connectivity index (χ4n) is 13.1. The number of nitrogens with zero attached hydrogens (tertiary/aromatic N) is 1. The number of aryl methyl sites for hydroxylation is 1. The topological polar surface area (TPSA) is 16.4 Å². The van der Waals surface area contributed by atoms with Gasteiger partial charge in [-0.05, 0) is 196 Å². The maximum atomic E-state index is 7.47. The Kier molecular flexibility index (Phi) is 10.7. The molecule has 0 amide bonds. The molecule has 0 atom stereocenters. The molecule has 0 spiro atoms. The molecule has 4 aliphatic rings. The molecule has 6 aromatic carbocycles. The number of furan rings is 1. The van der Waals surface area contributed by atoms with Crippen molar-refractivity contribution in [1.29, 1.82) is 0 Å². The third kappa shape index (κ3) is 7.71. The first-order valence-electron chi connectivity index (χ1n) is 27.3. The lowest BCUT2D eigenvalue weighted by atomic mass is 9.33. The van der Waals surface area contributed by atoms with Gasteiger partial charge in [0.25, 0.3) is 6.71 Å². The Labute approximate surface area is 433 Å². The van der Waals surface area contributed by atoms with Crippen LogP contribution in [0.25, 0.3) is 33.7 Å². The van der Waals surface area contributed by atoms with Crippen molar-refractivity contribution < 1.29 is 4.42 Å². The molecule has 0 bridgehead atoms. The van der Waals surface area contributed by atoms with Gasteiger partial charge in [0, 0.05) is 16.8 Å². The number of rotatable bonds is 3. The Balaban J connectivity index is 1.25. The van der Waals surface area contributed by atoms with Gasteiger partial charge in [0.05, 0.1) is 11.3 Å². The minimum Gasteiger partial charge on any atom is -0.468 e. The summed E-state index contributed by atoms with van der Waals surface area (Å²) in [7, 11) is 0. The highest BCUT2D eigenvalue weighted by Crippen LogP contribution is 2.52. The van der Waals surface area contributed by atoms with Gasteiger partial charge in [-0.1, -0.05) is 190 Å². The zero-order valence-corrected chi connectivity index (χ0v) is 47.2. The van der Waals surface area contributed by atoms with Crippen molar-refractivity contribution in [3.63, 3.8) is 0 Å². The van der Waals surface area contributed by atoms with Gasteiger partial charge in [-0.25, -0.2) is 0 Å². The Morgan fingerprint density at radius 1 is 0.514 bits per heavy atom. The van der Waals surface area contributed by atoms with E-state index >= 15 is 0 Å². The van der Waals surface area contributed by atoms with E-state index in [0.717, 1.165) is 17.7 Å². The number of hydrogen-bond acceptors (Lipinski definition) is 2. The van der Waals surface area contributed by atoms with E-state index in [9.17, 15) is 0 Å². The van der Waals surface area contributed by atoms with Crippen LogP contribution in [0.1, 0.15) is 205 Å². The van der Waals surface area contributed by atoms with Crippen molar-refractivity contribution >= 4 is 63.0 Å². The van der Waals surface area contributed by atoms with Crippen LogP contribution in [0.5, 0.6) is 0 Å². The van der Waals surface area contributed by atoms with E-state index in [-0.39, 0.29) is 44.6 Å². The van der Waals surface area contributed by atoms with Gasteiger partial charge in [-0.3, -0.25) is 0 Å². The summed E-state index contributed by atoms with van der Waals surface area (Å²) in [5.74, 6) is 0. The first-order valence-corrected chi connectivity index (χ1v) is 27.3. The van der Waals surface area contributed by atoms with Crippen LogP contribution >= 0.6 is 0 Å².